The molecular weight excluding hydrogens is 206 g/mol. The first-order valence-electron chi connectivity index (χ1n) is 5.37. The highest BCUT2D eigenvalue weighted by Gasteiger charge is 2.15. The zero-order valence-electron chi connectivity index (χ0n) is 9.90. The minimum atomic E-state index is 0.523. The van der Waals surface area contributed by atoms with Crippen LogP contribution in [0.3, 0.4) is 0 Å². The molecule has 0 aliphatic rings. The van der Waals surface area contributed by atoms with Crippen molar-refractivity contribution in [3.05, 3.63) is 5.69 Å². The molecule has 0 amide bonds. The number of methoxy groups -OCH3 is 1. The SMILES string of the molecule is CCn1nc(C)c2nc(N)n(CCOC)c21. The molecule has 6 heteroatoms. The van der Waals surface area contributed by atoms with Crippen molar-refractivity contribution in [3.63, 3.8) is 0 Å². The van der Waals surface area contributed by atoms with E-state index in [9.17, 15) is 0 Å². The average molecular weight is 223 g/mol. The molecule has 16 heavy (non-hydrogen) atoms. The number of aromatic nitrogens is 4. The van der Waals surface area contributed by atoms with Crippen molar-refractivity contribution in [1.29, 1.82) is 0 Å². The summed E-state index contributed by atoms with van der Waals surface area (Å²) >= 11 is 0. The number of nitrogens with two attached hydrogens (primary N) is 1. The third kappa shape index (κ3) is 1.55. The number of aryl methyl sites for hydroxylation is 2. The summed E-state index contributed by atoms with van der Waals surface area (Å²) in [5.74, 6) is 0.523. The van der Waals surface area contributed by atoms with Gasteiger partial charge in [-0.25, -0.2) is 9.67 Å². The molecule has 0 aliphatic carbocycles. The molecule has 0 fully saturated rings. The molecule has 2 aromatic rings. The van der Waals surface area contributed by atoms with Gasteiger partial charge in [0.25, 0.3) is 0 Å². The number of hydrogen-bond acceptors (Lipinski definition) is 4. The maximum Gasteiger partial charge on any atom is 0.202 e. The second-order valence-electron chi connectivity index (χ2n) is 3.69. The molecule has 0 spiro atoms. The minimum Gasteiger partial charge on any atom is -0.383 e. The molecule has 2 aromatic heterocycles. The fourth-order valence-corrected chi connectivity index (χ4v) is 1.86. The van der Waals surface area contributed by atoms with Gasteiger partial charge in [-0.05, 0) is 13.8 Å². The van der Waals surface area contributed by atoms with E-state index in [4.69, 9.17) is 10.5 Å². The quantitative estimate of drug-likeness (QED) is 0.831. The predicted octanol–water partition coefficient (Wildman–Crippen LogP) is 0.790. The highest BCUT2D eigenvalue weighted by Crippen LogP contribution is 2.20. The topological polar surface area (TPSA) is 70.9 Å². The maximum absolute atomic E-state index is 5.89. The summed E-state index contributed by atoms with van der Waals surface area (Å²) in [4.78, 5) is 4.34. The van der Waals surface area contributed by atoms with Crippen LogP contribution in [0.15, 0.2) is 0 Å². The Labute approximate surface area is 94.0 Å². The Morgan fingerprint density at radius 3 is 2.81 bits per heavy atom. The number of anilines is 1. The van der Waals surface area contributed by atoms with Gasteiger partial charge >= 0.3 is 0 Å². The van der Waals surface area contributed by atoms with Crippen molar-refractivity contribution in [2.75, 3.05) is 19.5 Å². The second-order valence-corrected chi connectivity index (χ2v) is 3.69. The summed E-state index contributed by atoms with van der Waals surface area (Å²) in [5.41, 5.74) is 8.67. The second kappa shape index (κ2) is 4.13. The van der Waals surface area contributed by atoms with Crippen LogP contribution in [0.4, 0.5) is 5.95 Å². The lowest BCUT2D eigenvalue weighted by molar-refractivity contribution is 0.188. The standard InChI is InChI=1S/C10H17N5O/c1-4-15-9-8(7(2)13-15)12-10(11)14(9)5-6-16-3/h4-6H2,1-3H3,(H2,11,12). The number of nitrogen functional groups attached to an aromatic ring is 1. The first kappa shape index (κ1) is 10.9. The zero-order chi connectivity index (χ0) is 11.7. The van der Waals surface area contributed by atoms with Crippen LogP contribution < -0.4 is 5.73 Å². The van der Waals surface area contributed by atoms with Crippen molar-refractivity contribution in [2.24, 2.45) is 0 Å². The Morgan fingerprint density at radius 2 is 2.19 bits per heavy atom. The average Bonchev–Trinajstić information content (AvgIpc) is 2.74. The lowest BCUT2D eigenvalue weighted by Gasteiger charge is -2.06. The number of ether oxygens (including phenoxy) is 1. The van der Waals surface area contributed by atoms with Crippen molar-refractivity contribution >= 4 is 17.1 Å². The Morgan fingerprint density at radius 1 is 1.44 bits per heavy atom. The molecule has 0 aliphatic heterocycles. The third-order valence-electron chi connectivity index (χ3n) is 2.65. The van der Waals surface area contributed by atoms with Gasteiger partial charge in [-0.15, -0.1) is 0 Å². The molecule has 2 N–H and O–H groups in total. The van der Waals surface area contributed by atoms with E-state index < -0.39 is 0 Å². The molecule has 0 atom stereocenters. The fourth-order valence-electron chi connectivity index (χ4n) is 1.86. The van der Waals surface area contributed by atoms with Crippen LogP contribution in [0.2, 0.25) is 0 Å². The molecule has 0 saturated carbocycles. The lowest BCUT2D eigenvalue weighted by Crippen LogP contribution is -2.11. The molecule has 0 bridgehead atoms. The summed E-state index contributed by atoms with van der Waals surface area (Å²) in [6.45, 7) is 6.12. The number of hydrogen-bond donors (Lipinski definition) is 1. The van der Waals surface area contributed by atoms with Crippen LogP contribution in [0, 0.1) is 6.92 Å². The first-order chi connectivity index (χ1) is 7.69. The van der Waals surface area contributed by atoms with E-state index in [1.807, 2.05) is 16.2 Å². The Balaban J connectivity index is 2.56. The summed E-state index contributed by atoms with van der Waals surface area (Å²) in [6.07, 6.45) is 0. The molecule has 0 aromatic carbocycles. The molecule has 0 radical (unpaired) electrons. The molecular formula is C10H17N5O. The number of nitrogens with zero attached hydrogens (tertiary/aromatic N) is 4. The molecule has 0 unspecified atom stereocenters. The van der Waals surface area contributed by atoms with Gasteiger partial charge in [0, 0.05) is 13.7 Å². The van der Waals surface area contributed by atoms with Crippen molar-refractivity contribution in [1.82, 2.24) is 19.3 Å². The number of imidazole rings is 1. The largest absolute Gasteiger partial charge is 0.383 e. The highest BCUT2D eigenvalue weighted by atomic mass is 16.5. The van der Waals surface area contributed by atoms with Crippen LogP contribution >= 0.6 is 0 Å². The van der Waals surface area contributed by atoms with Gasteiger partial charge in [-0.3, -0.25) is 4.57 Å². The van der Waals surface area contributed by atoms with Crippen LogP contribution in [0.5, 0.6) is 0 Å². The monoisotopic (exact) mass is 223 g/mol. The summed E-state index contributed by atoms with van der Waals surface area (Å²) in [6, 6.07) is 0. The summed E-state index contributed by atoms with van der Waals surface area (Å²) < 4.78 is 8.93. The van der Waals surface area contributed by atoms with Crippen molar-refractivity contribution < 1.29 is 4.74 Å². The number of rotatable bonds is 4. The normalized spacial score (nSPS) is 11.4. The van der Waals surface area contributed by atoms with E-state index in [0.717, 1.165) is 23.4 Å². The van der Waals surface area contributed by atoms with Gasteiger partial charge in [0.15, 0.2) is 5.65 Å². The van der Waals surface area contributed by atoms with E-state index in [0.29, 0.717) is 19.1 Å². The van der Waals surface area contributed by atoms with Gasteiger partial charge in [-0.1, -0.05) is 0 Å². The van der Waals surface area contributed by atoms with Crippen LogP contribution in [0.25, 0.3) is 11.2 Å². The van der Waals surface area contributed by atoms with Gasteiger partial charge in [0.05, 0.1) is 18.8 Å². The van der Waals surface area contributed by atoms with E-state index in [2.05, 4.69) is 17.0 Å². The lowest BCUT2D eigenvalue weighted by atomic mass is 10.4. The predicted molar refractivity (Wildman–Crippen MR) is 62.2 cm³/mol. The Kier molecular flexibility index (Phi) is 2.82. The van der Waals surface area contributed by atoms with E-state index in [1.54, 1.807) is 7.11 Å². The molecule has 0 saturated heterocycles. The molecule has 2 rings (SSSR count). The van der Waals surface area contributed by atoms with Gasteiger partial charge in [0.2, 0.25) is 5.95 Å². The smallest absolute Gasteiger partial charge is 0.202 e. The van der Waals surface area contributed by atoms with Gasteiger partial charge in [0.1, 0.15) is 5.52 Å². The number of fused-ring (bicyclic) bond motifs is 1. The van der Waals surface area contributed by atoms with E-state index in [-0.39, 0.29) is 0 Å². The fraction of sp³-hybridized carbons (Fsp3) is 0.600. The molecule has 6 nitrogen and oxygen atoms in total. The Hall–Kier alpha value is -1.56. The zero-order valence-corrected chi connectivity index (χ0v) is 9.90. The van der Waals surface area contributed by atoms with Gasteiger partial charge < -0.3 is 10.5 Å². The van der Waals surface area contributed by atoms with Crippen LogP contribution in [-0.2, 0) is 17.8 Å². The van der Waals surface area contributed by atoms with Crippen LogP contribution in [-0.4, -0.2) is 33.0 Å². The Bertz CT molecular complexity index is 499. The molecule has 88 valence electrons. The summed E-state index contributed by atoms with van der Waals surface area (Å²) in [7, 11) is 1.67. The maximum atomic E-state index is 5.89. The summed E-state index contributed by atoms with van der Waals surface area (Å²) in [5, 5.41) is 4.42. The molecule has 2 heterocycles. The van der Waals surface area contributed by atoms with E-state index >= 15 is 0 Å². The van der Waals surface area contributed by atoms with E-state index in [1.165, 1.54) is 0 Å². The first-order valence-corrected chi connectivity index (χ1v) is 5.37. The van der Waals surface area contributed by atoms with Crippen molar-refractivity contribution in [2.45, 2.75) is 26.9 Å². The minimum absolute atomic E-state index is 0.523. The highest BCUT2D eigenvalue weighted by molar-refractivity contribution is 5.77. The van der Waals surface area contributed by atoms with Gasteiger partial charge in [-0.2, -0.15) is 5.10 Å². The van der Waals surface area contributed by atoms with Crippen LogP contribution in [0.1, 0.15) is 12.6 Å². The van der Waals surface area contributed by atoms with Crippen molar-refractivity contribution in [3.8, 4) is 0 Å². The third-order valence-corrected chi connectivity index (χ3v) is 2.65.